The first kappa shape index (κ1) is 29.4. The summed E-state index contributed by atoms with van der Waals surface area (Å²) in [6.07, 6.45) is 0.656. The molecule has 0 aliphatic heterocycles. The van der Waals surface area contributed by atoms with Gasteiger partial charge in [-0.15, -0.1) is 0 Å². The number of guanidine groups is 1. The van der Waals surface area contributed by atoms with Crippen LogP contribution < -0.4 is 33.2 Å². The minimum Gasteiger partial charge on any atom is -0.480 e. The molecule has 1 aromatic carbocycles. The Morgan fingerprint density at radius 2 is 1.51 bits per heavy atom. The summed E-state index contributed by atoms with van der Waals surface area (Å²) in [7, 11) is 0. The van der Waals surface area contributed by atoms with Gasteiger partial charge in [0.25, 0.3) is 0 Å². The predicted octanol–water partition coefficient (Wildman–Crippen LogP) is -1.18. The van der Waals surface area contributed by atoms with Crippen LogP contribution in [-0.2, 0) is 25.6 Å². The second-order valence-electron chi connectivity index (χ2n) is 8.62. The lowest BCUT2D eigenvalue weighted by molar-refractivity contribution is -0.142. The molecular formula is C23H37N7O5. The van der Waals surface area contributed by atoms with Crippen molar-refractivity contribution in [3.63, 3.8) is 0 Å². The van der Waals surface area contributed by atoms with E-state index in [2.05, 4.69) is 20.9 Å². The van der Waals surface area contributed by atoms with E-state index < -0.39 is 47.9 Å². The van der Waals surface area contributed by atoms with Gasteiger partial charge in [-0.1, -0.05) is 44.2 Å². The zero-order valence-corrected chi connectivity index (χ0v) is 20.4. The lowest BCUT2D eigenvalue weighted by Crippen LogP contribution is -2.58. The fourth-order valence-electron chi connectivity index (χ4n) is 3.18. The minimum absolute atomic E-state index is 0.0819. The third-order valence-electron chi connectivity index (χ3n) is 5.14. The number of benzene rings is 1. The number of nitrogens with two attached hydrogens (primary N) is 3. The summed E-state index contributed by atoms with van der Waals surface area (Å²) >= 11 is 0. The molecule has 0 saturated carbocycles. The van der Waals surface area contributed by atoms with Crippen molar-refractivity contribution in [3.8, 4) is 0 Å². The highest BCUT2D eigenvalue weighted by atomic mass is 16.4. The van der Waals surface area contributed by atoms with E-state index >= 15 is 0 Å². The molecule has 0 aromatic heterocycles. The van der Waals surface area contributed by atoms with Crippen LogP contribution in [0.3, 0.4) is 0 Å². The number of aliphatic carboxylic acids is 1. The number of nitrogens with one attached hydrogen (secondary N) is 3. The molecule has 4 atom stereocenters. The molecule has 0 aliphatic rings. The lowest BCUT2D eigenvalue weighted by atomic mass is 10.0. The van der Waals surface area contributed by atoms with Crippen LogP contribution in [0.15, 0.2) is 35.3 Å². The average molecular weight is 492 g/mol. The predicted molar refractivity (Wildman–Crippen MR) is 132 cm³/mol. The number of nitrogens with zero attached hydrogens (tertiary/aromatic N) is 1. The Morgan fingerprint density at radius 3 is 2.03 bits per heavy atom. The summed E-state index contributed by atoms with van der Waals surface area (Å²) in [5, 5.41) is 17.3. The highest BCUT2D eigenvalue weighted by Gasteiger charge is 2.31. The molecule has 12 heteroatoms. The molecule has 0 radical (unpaired) electrons. The zero-order chi connectivity index (χ0) is 26.5. The standard InChI is InChI=1S/C23H37N7O5/c1-13(2)18(21(33)29-17(22(34)35)12-15-8-5-4-6-9-15)30-20(32)16(28-19(31)14(3)24)10-7-11-27-23(25)26/h4-6,8-9,13-14,16-18H,7,10-12,24H2,1-3H3,(H,28,31)(H,29,33)(H,30,32)(H,34,35)(H4,25,26,27). The number of amides is 3. The highest BCUT2D eigenvalue weighted by molar-refractivity contribution is 5.94. The molecule has 35 heavy (non-hydrogen) atoms. The topological polar surface area (TPSA) is 215 Å². The van der Waals surface area contributed by atoms with Gasteiger partial charge in [-0.05, 0) is 31.2 Å². The van der Waals surface area contributed by atoms with E-state index in [0.29, 0.717) is 6.42 Å². The first-order chi connectivity index (χ1) is 16.4. The quantitative estimate of drug-likeness (QED) is 0.0953. The van der Waals surface area contributed by atoms with E-state index in [-0.39, 0.29) is 31.3 Å². The van der Waals surface area contributed by atoms with Gasteiger partial charge in [0.15, 0.2) is 5.96 Å². The van der Waals surface area contributed by atoms with Crippen LogP contribution in [0.5, 0.6) is 0 Å². The van der Waals surface area contributed by atoms with E-state index in [9.17, 15) is 24.3 Å². The summed E-state index contributed by atoms with van der Waals surface area (Å²) in [5.74, 6) is -3.44. The van der Waals surface area contributed by atoms with E-state index in [1.54, 1.807) is 44.2 Å². The van der Waals surface area contributed by atoms with Crippen LogP contribution in [-0.4, -0.2) is 65.5 Å². The van der Waals surface area contributed by atoms with Gasteiger partial charge in [-0.3, -0.25) is 19.4 Å². The maximum Gasteiger partial charge on any atom is 0.326 e. The molecule has 4 unspecified atom stereocenters. The maximum absolute atomic E-state index is 13.0. The number of hydrogen-bond acceptors (Lipinski definition) is 6. The molecule has 0 saturated heterocycles. The Hall–Kier alpha value is -3.67. The van der Waals surface area contributed by atoms with Crippen LogP contribution in [0.25, 0.3) is 0 Å². The van der Waals surface area contributed by atoms with Crippen LogP contribution in [0.2, 0.25) is 0 Å². The average Bonchev–Trinajstić information content (AvgIpc) is 2.78. The summed E-state index contributed by atoms with van der Waals surface area (Å²) < 4.78 is 0. The number of carbonyl (C=O) groups excluding carboxylic acids is 3. The Bertz CT molecular complexity index is 886. The van der Waals surface area contributed by atoms with Crippen molar-refractivity contribution in [3.05, 3.63) is 35.9 Å². The van der Waals surface area contributed by atoms with Crippen molar-refractivity contribution in [2.75, 3.05) is 6.54 Å². The van der Waals surface area contributed by atoms with Gasteiger partial charge < -0.3 is 38.3 Å². The SMILES string of the molecule is CC(N)C(=O)NC(CCCN=C(N)N)C(=O)NC(C(=O)NC(Cc1ccccc1)C(=O)O)C(C)C. The first-order valence-corrected chi connectivity index (χ1v) is 11.4. The Kier molecular flexibility index (Phi) is 12.2. The van der Waals surface area contributed by atoms with Gasteiger partial charge >= 0.3 is 5.97 Å². The van der Waals surface area contributed by atoms with Crippen molar-refractivity contribution in [2.45, 2.75) is 64.2 Å². The van der Waals surface area contributed by atoms with Crippen molar-refractivity contribution < 1.29 is 24.3 Å². The van der Waals surface area contributed by atoms with Crippen molar-refractivity contribution >= 4 is 29.7 Å². The first-order valence-electron chi connectivity index (χ1n) is 11.4. The molecule has 3 amide bonds. The molecule has 1 aromatic rings. The van der Waals surface area contributed by atoms with Gasteiger partial charge in [0.2, 0.25) is 17.7 Å². The number of aliphatic imine (C=N–C) groups is 1. The van der Waals surface area contributed by atoms with E-state index in [0.717, 1.165) is 5.56 Å². The number of carboxylic acid groups (broad SMARTS) is 1. The summed E-state index contributed by atoms with van der Waals surface area (Å²) in [6, 6.07) is 4.82. The zero-order valence-electron chi connectivity index (χ0n) is 20.4. The van der Waals surface area contributed by atoms with E-state index in [4.69, 9.17) is 17.2 Å². The van der Waals surface area contributed by atoms with Crippen molar-refractivity contribution in [1.29, 1.82) is 0 Å². The van der Waals surface area contributed by atoms with Crippen LogP contribution in [0, 0.1) is 5.92 Å². The highest BCUT2D eigenvalue weighted by Crippen LogP contribution is 2.08. The van der Waals surface area contributed by atoms with Crippen LogP contribution >= 0.6 is 0 Å². The molecule has 0 bridgehead atoms. The summed E-state index contributed by atoms with van der Waals surface area (Å²) in [4.78, 5) is 53.7. The summed E-state index contributed by atoms with van der Waals surface area (Å²) in [5.41, 5.74) is 17.0. The molecular weight excluding hydrogens is 454 g/mol. The monoisotopic (exact) mass is 491 g/mol. The molecule has 10 N–H and O–H groups in total. The molecule has 0 spiro atoms. The molecule has 0 heterocycles. The van der Waals surface area contributed by atoms with Crippen LogP contribution in [0.1, 0.15) is 39.2 Å². The molecule has 12 nitrogen and oxygen atoms in total. The number of hydrogen-bond donors (Lipinski definition) is 7. The van der Waals surface area contributed by atoms with Gasteiger partial charge in [0.05, 0.1) is 6.04 Å². The van der Waals surface area contributed by atoms with E-state index in [1.807, 2.05) is 0 Å². The molecule has 0 aliphatic carbocycles. The number of carboxylic acids is 1. The fourth-order valence-corrected chi connectivity index (χ4v) is 3.18. The number of rotatable bonds is 14. The third-order valence-corrected chi connectivity index (χ3v) is 5.14. The second-order valence-corrected chi connectivity index (χ2v) is 8.62. The minimum atomic E-state index is -1.20. The Labute approximate surface area is 205 Å². The van der Waals surface area contributed by atoms with Crippen LogP contribution in [0.4, 0.5) is 0 Å². The molecule has 1 rings (SSSR count). The largest absolute Gasteiger partial charge is 0.480 e. The molecule has 194 valence electrons. The van der Waals surface area contributed by atoms with Gasteiger partial charge in [-0.2, -0.15) is 0 Å². The smallest absolute Gasteiger partial charge is 0.326 e. The number of carbonyl (C=O) groups is 4. The van der Waals surface area contributed by atoms with Crippen molar-refractivity contribution in [2.24, 2.45) is 28.1 Å². The second kappa shape index (κ2) is 14.6. The van der Waals surface area contributed by atoms with Gasteiger partial charge in [0.1, 0.15) is 18.1 Å². The third kappa shape index (κ3) is 10.9. The Morgan fingerprint density at radius 1 is 0.914 bits per heavy atom. The normalized spacial score (nSPS) is 14.2. The fraction of sp³-hybridized carbons (Fsp3) is 0.522. The lowest BCUT2D eigenvalue weighted by Gasteiger charge is -2.27. The van der Waals surface area contributed by atoms with Gasteiger partial charge in [-0.25, -0.2) is 4.79 Å². The molecule has 0 fully saturated rings. The van der Waals surface area contributed by atoms with Gasteiger partial charge in [0, 0.05) is 13.0 Å². The van der Waals surface area contributed by atoms with E-state index in [1.165, 1.54) is 6.92 Å². The maximum atomic E-state index is 13.0. The van der Waals surface area contributed by atoms with Crippen molar-refractivity contribution in [1.82, 2.24) is 16.0 Å². The Balaban J connectivity index is 2.94. The summed E-state index contributed by atoms with van der Waals surface area (Å²) in [6.45, 7) is 5.15.